The van der Waals surface area contributed by atoms with E-state index in [2.05, 4.69) is 74.5 Å². The number of hydrogen-bond acceptors (Lipinski definition) is 2. The molecule has 2 heterocycles. The zero-order valence-electron chi connectivity index (χ0n) is 16.4. The van der Waals surface area contributed by atoms with Crippen molar-refractivity contribution >= 4 is 43.9 Å². The number of rotatable bonds is 2. The van der Waals surface area contributed by atoms with Gasteiger partial charge >= 0.3 is 0 Å². The predicted octanol–water partition coefficient (Wildman–Crippen LogP) is 7.81. The Morgan fingerprint density at radius 1 is 0.483 bits per heavy atom. The van der Waals surface area contributed by atoms with Gasteiger partial charge in [0.15, 0.2) is 0 Å². The molecule has 0 spiro atoms. The van der Waals surface area contributed by atoms with Gasteiger partial charge in [0.1, 0.15) is 22.3 Å². The molecule has 0 saturated heterocycles. The monoisotopic (exact) mass is 376 g/mol. The fraction of sp³-hybridized carbons (Fsp3) is 0.111. The molecule has 6 rings (SSSR count). The molecule has 6 aromatic rings. The molecule has 0 aliphatic carbocycles. The average Bonchev–Trinajstić information content (AvgIpc) is 3.31. The van der Waals surface area contributed by atoms with Gasteiger partial charge in [0.25, 0.3) is 0 Å². The van der Waals surface area contributed by atoms with Gasteiger partial charge in [-0.05, 0) is 47.5 Å². The molecule has 0 atom stereocenters. The first-order valence-corrected chi connectivity index (χ1v) is 9.95. The van der Waals surface area contributed by atoms with Crippen LogP contribution in [0.2, 0.25) is 0 Å². The topological polar surface area (TPSA) is 26.3 Å². The minimum atomic E-state index is -0.154. The van der Waals surface area contributed by atoms with Gasteiger partial charge in [-0.15, -0.1) is 0 Å². The van der Waals surface area contributed by atoms with E-state index >= 15 is 0 Å². The van der Waals surface area contributed by atoms with Crippen molar-refractivity contribution in [1.29, 1.82) is 0 Å². The summed E-state index contributed by atoms with van der Waals surface area (Å²) in [6.45, 7) is 4.56. The summed E-state index contributed by atoms with van der Waals surface area (Å²) in [6, 6.07) is 29.6. The molecule has 0 radical (unpaired) electrons. The van der Waals surface area contributed by atoms with Gasteiger partial charge < -0.3 is 8.83 Å². The van der Waals surface area contributed by atoms with Crippen LogP contribution < -0.4 is 0 Å². The second kappa shape index (κ2) is 5.74. The summed E-state index contributed by atoms with van der Waals surface area (Å²) in [4.78, 5) is 0. The fourth-order valence-corrected chi connectivity index (χ4v) is 4.40. The lowest BCUT2D eigenvalue weighted by Crippen LogP contribution is -2.18. The second-order valence-electron chi connectivity index (χ2n) is 8.24. The van der Waals surface area contributed by atoms with Gasteiger partial charge in [-0.3, -0.25) is 0 Å². The van der Waals surface area contributed by atoms with Crippen molar-refractivity contribution in [2.75, 3.05) is 0 Å². The highest BCUT2D eigenvalue weighted by molar-refractivity contribution is 6.06. The Bertz CT molecular complexity index is 1410. The number of benzene rings is 4. The molecule has 0 unspecified atom stereocenters. The largest absolute Gasteiger partial charge is 0.456 e. The van der Waals surface area contributed by atoms with Crippen LogP contribution in [0.5, 0.6) is 0 Å². The normalized spacial score (nSPS) is 12.5. The third-order valence-electron chi connectivity index (χ3n) is 6.20. The van der Waals surface area contributed by atoms with Gasteiger partial charge in [0.05, 0.1) is 0 Å². The minimum absolute atomic E-state index is 0.154. The third-order valence-corrected chi connectivity index (χ3v) is 6.20. The van der Waals surface area contributed by atoms with Crippen molar-refractivity contribution in [3.8, 4) is 0 Å². The summed E-state index contributed by atoms with van der Waals surface area (Å²) in [5.74, 6) is 0. The highest BCUT2D eigenvalue weighted by Crippen LogP contribution is 2.38. The Kier molecular flexibility index (Phi) is 3.25. The lowest BCUT2D eigenvalue weighted by atomic mass is 9.77. The molecular formula is C27H20O2. The van der Waals surface area contributed by atoms with Crippen LogP contribution in [-0.4, -0.2) is 0 Å². The lowest BCUT2D eigenvalue weighted by Gasteiger charge is -2.26. The molecule has 2 aromatic heterocycles. The van der Waals surface area contributed by atoms with E-state index in [0.717, 1.165) is 33.1 Å². The summed E-state index contributed by atoms with van der Waals surface area (Å²) >= 11 is 0. The molecule has 2 nitrogen and oxygen atoms in total. The van der Waals surface area contributed by atoms with Gasteiger partial charge in [-0.1, -0.05) is 62.4 Å². The van der Waals surface area contributed by atoms with E-state index in [1.807, 2.05) is 24.3 Å². The maximum atomic E-state index is 6.01. The summed E-state index contributed by atoms with van der Waals surface area (Å²) in [5, 5.41) is 4.66. The fourth-order valence-electron chi connectivity index (χ4n) is 4.40. The van der Waals surface area contributed by atoms with E-state index in [0.29, 0.717) is 0 Å². The number of para-hydroxylation sites is 2. The Hall–Kier alpha value is -3.52. The lowest BCUT2D eigenvalue weighted by molar-refractivity contribution is 0.638. The van der Waals surface area contributed by atoms with Crippen molar-refractivity contribution in [3.63, 3.8) is 0 Å². The van der Waals surface area contributed by atoms with Crippen molar-refractivity contribution in [3.05, 3.63) is 96.1 Å². The molecule has 0 amide bonds. The van der Waals surface area contributed by atoms with Crippen LogP contribution in [0.15, 0.2) is 93.8 Å². The molecule has 4 aromatic carbocycles. The molecule has 140 valence electrons. The van der Waals surface area contributed by atoms with Crippen molar-refractivity contribution in [2.24, 2.45) is 0 Å². The maximum absolute atomic E-state index is 6.01. The molecule has 0 saturated carbocycles. The first-order valence-electron chi connectivity index (χ1n) is 9.95. The quantitative estimate of drug-likeness (QED) is 0.308. The Balaban J connectivity index is 1.55. The van der Waals surface area contributed by atoms with E-state index in [9.17, 15) is 0 Å². The number of hydrogen-bond donors (Lipinski definition) is 0. The van der Waals surface area contributed by atoms with Gasteiger partial charge in [-0.2, -0.15) is 0 Å². The Morgan fingerprint density at radius 2 is 0.897 bits per heavy atom. The molecule has 2 heteroatoms. The SMILES string of the molecule is CC(C)(c1ccc2oc3ccccc3c2c1)c1ccc2oc3ccccc3c2c1. The van der Waals surface area contributed by atoms with E-state index in [1.54, 1.807) is 0 Å². The number of fused-ring (bicyclic) bond motifs is 6. The predicted molar refractivity (Wildman–Crippen MR) is 120 cm³/mol. The maximum Gasteiger partial charge on any atom is 0.135 e. The third kappa shape index (κ3) is 2.35. The smallest absolute Gasteiger partial charge is 0.135 e. The van der Waals surface area contributed by atoms with Crippen LogP contribution >= 0.6 is 0 Å². The van der Waals surface area contributed by atoms with Crippen LogP contribution in [-0.2, 0) is 5.41 Å². The minimum Gasteiger partial charge on any atom is -0.456 e. The van der Waals surface area contributed by atoms with Crippen LogP contribution in [0.25, 0.3) is 43.9 Å². The van der Waals surface area contributed by atoms with Crippen molar-refractivity contribution in [2.45, 2.75) is 19.3 Å². The standard InChI is InChI=1S/C27H20O2/c1-27(2,17-11-13-25-21(15-17)19-7-3-5-9-23(19)28-25)18-12-14-26-22(16-18)20-8-4-6-10-24(20)29-26/h3-16H,1-2H3. The molecule has 0 bridgehead atoms. The highest BCUT2D eigenvalue weighted by atomic mass is 16.3. The summed E-state index contributed by atoms with van der Waals surface area (Å²) < 4.78 is 12.0. The molecular weight excluding hydrogens is 356 g/mol. The average molecular weight is 376 g/mol. The summed E-state index contributed by atoms with van der Waals surface area (Å²) in [5.41, 5.74) is 6.11. The Labute approximate surface area is 168 Å². The second-order valence-corrected chi connectivity index (χ2v) is 8.24. The molecule has 0 aliphatic rings. The number of furan rings is 2. The summed E-state index contributed by atoms with van der Waals surface area (Å²) in [7, 11) is 0. The van der Waals surface area contributed by atoms with Gasteiger partial charge in [0, 0.05) is 27.0 Å². The van der Waals surface area contributed by atoms with Crippen molar-refractivity contribution in [1.82, 2.24) is 0 Å². The van der Waals surface area contributed by atoms with E-state index in [4.69, 9.17) is 8.83 Å². The van der Waals surface area contributed by atoms with Crippen molar-refractivity contribution < 1.29 is 8.83 Å². The molecule has 29 heavy (non-hydrogen) atoms. The zero-order valence-corrected chi connectivity index (χ0v) is 16.4. The van der Waals surface area contributed by atoms with Crippen LogP contribution in [0, 0.1) is 0 Å². The molecule has 0 N–H and O–H groups in total. The Morgan fingerprint density at radius 3 is 1.38 bits per heavy atom. The van der Waals surface area contributed by atoms with Crippen LogP contribution in [0.1, 0.15) is 25.0 Å². The first-order chi connectivity index (χ1) is 14.1. The van der Waals surface area contributed by atoms with Crippen LogP contribution in [0.3, 0.4) is 0 Å². The summed E-state index contributed by atoms with van der Waals surface area (Å²) in [6.07, 6.45) is 0. The van der Waals surface area contributed by atoms with E-state index in [-0.39, 0.29) is 5.41 Å². The first kappa shape index (κ1) is 16.4. The van der Waals surface area contributed by atoms with Gasteiger partial charge in [0.2, 0.25) is 0 Å². The van der Waals surface area contributed by atoms with E-state index < -0.39 is 0 Å². The molecule has 0 aliphatic heterocycles. The zero-order chi connectivity index (χ0) is 19.6. The molecule has 0 fully saturated rings. The van der Waals surface area contributed by atoms with Crippen LogP contribution in [0.4, 0.5) is 0 Å². The van der Waals surface area contributed by atoms with E-state index in [1.165, 1.54) is 21.9 Å². The van der Waals surface area contributed by atoms with Gasteiger partial charge in [-0.25, -0.2) is 0 Å². The highest BCUT2D eigenvalue weighted by Gasteiger charge is 2.25.